The lowest BCUT2D eigenvalue weighted by atomic mass is 10.1. The Hall–Kier alpha value is -3.15. The molecule has 29 heavy (non-hydrogen) atoms. The fraction of sp³-hybridized carbons (Fsp3) is 0.348. The Morgan fingerprint density at radius 1 is 0.793 bits per heavy atom. The number of amides is 2. The van der Waals surface area contributed by atoms with Gasteiger partial charge in [-0.05, 0) is 68.3 Å². The molecule has 0 saturated carbocycles. The van der Waals surface area contributed by atoms with Crippen LogP contribution < -0.4 is 5.32 Å². The minimum absolute atomic E-state index is 0.0183. The first-order chi connectivity index (χ1) is 14.0. The van der Waals surface area contributed by atoms with Gasteiger partial charge in [-0.15, -0.1) is 0 Å². The number of benzene rings is 2. The molecule has 0 saturated heterocycles. The first-order valence-corrected chi connectivity index (χ1v) is 9.98. The summed E-state index contributed by atoms with van der Waals surface area (Å²) in [5.74, 6) is -0.701. The zero-order valence-electron chi connectivity index (χ0n) is 17.2. The molecule has 1 N–H and O–H groups in total. The van der Waals surface area contributed by atoms with Gasteiger partial charge in [0.25, 0.3) is 11.8 Å². The molecule has 0 bridgehead atoms. The van der Waals surface area contributed by atoms with Gasteiger partial charge in [0.2, 0.25) is 0 Å². The smallest absolute Gasteiger partial charge is 0.338 e. The van der Waals surface area contributed by atoms with E-state index in [9.17, 15) is 14.4 Å². The Kier molecular flexibility index (Phi) is 8.40. The van der Waals surface area contributed by atoms with E-state index in [1.54, 1.807) is 55.5 Å². The van der Waals surface area contributed by atoms with Crippen LogP contribution in [0.4, 0.5) is 5.69 Å². The summed E-state index contributed by atoms with van der Waals surface area (Å²) in [6, 6.07) is 13.2. The van der Waals surface area contributed by atoms with Crippen molar-refractivity contribution in [3.05, 3.63) is 65.2 Å². The maximum Gasteiger partial charge on any atom is 0.338 e. The molecule has 2 rings (SSSR count). The normalized spacial score (nSPS) is 10.3. The van der Waals surface area contributed by atoms with Crippen LogP contribution in [0.1, 0.15) is 64.7 Å². The highest BCUT2D eigenvalue weighted by molar-refractivity contribution is 6.05. The third kappa shape index (κ3) is 6.17. The highest BCUT2D eigenvalue weighted by atomic mass is 16.5. The standard InChI is InChI=1S/C23H28N2O4/c1-4-15-25(16-5-2)22(27)18-9-7-17(8-10-18)21(26)24-20-13-11-19(12-14-20)23(28)29-6-3/h7-14H,4-6,15-16H2,1-3H3,(H,24,26). The van der Waals surface area contributed by atoms with Gasteiger partial charge in [0, 0.05) is 29.9 Å². The molecular formula is C23H28N2O4. The van der Waals surface area contributed by atoms with E-state index in [1.807, 2.05) is 18.7 Å². The summed E-state index contributed by atoms with van der Waals surface area (Å²) < 4.78 is 4.94. The van der Waals surface area contributed by atoms with E-state index in [-0.39, 0.29) is 11.8 Å². The summed E-state index contributed by atoms with van der Waals surface area (Å²) in [4.78, 5) is 38.6. The van der Waals surface area contributed by atoms with Crippen molar-refractivity contribution >= 4 is 23.5 Å². The van der Waals surface area contributed by atoms with Gasteiger partial charge in [0.1, 0.15) is 0 Å². The highest BCUT2D eigenvalue weighted by Crippen LogP contribution is 2.14. The second-order valence-electron chi connectivity index (χ2n) is 6.62. The number of esters is 1. The topological polar surface area (TPSA) is 75.7 Å². The summed E-state index contributed by atoms with van der Waals surface area (Å²) in [5.41, 5.74) is 2.02. The molecule has 0 aliphatic carbocycles. The Morgan fingerprint density at radius 2 is 1.31 bits per heavy atom. The summed E-state index contributed by atoms with van der Waals surface area (Å²) in [6.07, 6.45) is 1.81. The summed E-state index contributed by atoms with van der Waals surface area (Å²) in [5, 5.41) is 2.78. The second kappa shape index (κ2) is 11.0. The second-order valence-corrected chi connectivity index (χ2v) is 6.62. The van der Waals surface area contributed by atoms with Crippen LogP contribution >= 0.6 is 0 Å². The molecule has 0 heterocycles. The monoisotopic (exact) mass is 396 g/mol. The molecule has 154 valence electrons. The van der Waals surface area contributed by atoms with Crippen molar-refractivity contribution < 1.29 is 19.1 Å². The van der Waals surface area contributed by atoms with Gasteiger partial charge in [0.15, 0.2) is 0 Å². The molecule has 6 heteroatoms. The summed E-state index contributed by atoms with van der Waals surface area (Å²) >= 11 is 0. The van der Waals surface area contributed by atoms with Crippen LogP contribution in [-0.4, -0.2) is 42.4 Å². The van der Waals surface area contributed by atoms with Crippen molar-refractivity contribution in [2.75, 3.05) is 25.0 Å². The Morgan fingerprint density at radius 3 is 1.83 bits per heavy atom. The van der Waals surface area contributed by atoms with Crippen LogP contribution in [0.3, 0.4) is 0 Å². The molecule has 0 atom stereocenters. The number of carbonyl (C=O) groups is 3. The third-order valence-electron chi connectivity index (χ3n) is 4.32. The van der Waals surface area contributed by atoms with Gasteiger partial charge in [-0.1, -0.05) is 13.8 Å². The van der Waals surface area contributed by atoms with E-state index < -0.39 is 5.97 Å². The van der Waals surface area contributed by atoms with Crippen LogP contribution in [-0.2, 0) is 4.74 Å². The number of nitrogens with one attached hydrogen (secondary N) is 1. The van der Waals surface area contributed by atoms with E-state index in [0.29, 0.717) is 29.0 Å². The van der Waals surface area contributed by atoms with Crippen molar-refractivity contribution in [1.29, 1.82) is 0 Å². The zero-order valence-corrected chi connectivity index (χ0v) is 17.2. The molecule has 0 aliphatic rings. The fourth-order valence-electron chi connectivity index (χ4n) is 2.91. The largest absolute Gasteiger partial charge is 0.462 e. The SMILES string of the molecule is CCCN(CCC)C(=O)c1ccc(C(=O)Nc2ccc(C(=O)OCC)cc2)cc1. The van der Waals surface area contributed by atoms with Crippen molar-refractivity contribution in [2.45, 2.75) is 33.6 Å². The van der Waals surface area contributed by atoms with Gasteiger partial charge < -0.3 is 15.0 Å². The predicted octanol–water partition coefficient (Wildman–Crippen LogP) is 4.38. The van der Waals surface area contributed by atoms with Crippen molar-refractivity contribution in [3.8, 4) is 0 Å². The lowest BCUT2D eigenvalue weighted by molar-refractivity contribution is 0.0526. The van der Waals surface area contributed by atoms with Crippen LogP contribution in [0.25, 0.3) is 0 Å². The van der Waals surface area contributed by atoms with Crippen LogP contribution in [0.2, 0.25) is 0 Å². The number of nitrogens with zero attached hydrogens (tertiary/aromatic N) is 1. The Labute approximate surface area is 171 Å². The van der Waals surface area contributed by atoms with Gasteiger partial charge in [-0.2, -0.15) is 0 Å². The number of anilines is 1. The Balaban J connectivity index is 2.03. The van der Waals surface area contributed by atoms with E-state index >= 15 is 0 Å². The van der Waals surface area contributed by atoms with Gasteiger partial charge in [0.05, 0.1) is 12.2 Å². The third-order valence-corrected chi connectivity index (χ3v) is 4.32. The predicted molar refractivity (Wildman–Crippen MR) is 113 cm³/mol. The van der Waals surface area contributed by atoms with Crippen LogP contribution in [0.5, 0.6) is 0 Å². The quantitative estimate of drug-likeness (QED) is 0.638. The van der Waals surface area contributed by atoms with E-state index in [0.717, 1.165) is 25.9 Å². The average Bonchev–Trinajstić information content (AvgIpc) is 2.74. The van der Waals surface area contributed by atoms with Crippen molar-refractivity contribution in [2.24, 2.45) is 0 Å². The summed E-state index contributed by atoms with van der Waals surface area (Å²) in [7, 11) is 0. The maximum atomic E-state index is 12.6. The number of carbonyl (C=O) groups excluding carboxylic acids is 3. The van der Waals surface area contributed by atoms with E-state index in [4.69, 9.17) is 4.74 Å². The zero-order chi connectivity index (χ0) is 21.2. The first-order valence-electron chi connectivity index (χ1n) is 9.98. The molecule has 2 amide bonds. The number of hydrogen-bond acceptors (Lipinski definition) is 4. The van der Waals surface area contributed by atoms with Crippen molar-refractivity contribution in [1.82, 2.24) is 4.90 Å². The number of hydrogen-bond donors (Lipinski definition) is 1. The van der Waals surface area contributed by atoms with E-state index in [2.05, 4.69) is 5.32 Å². The molecule has 0 aliphatic heterocycles. The maximum absolute atomic E-state index is 12.6. The lowest BCUT2D eigenvalue weighted by Gasteiger charge is -2.21. The van der Waals surface area contributed by atoms with Crippen LogP contribution in [0, 0.1) is 0 Å². The van der Waals surface area contributed by atoms with Crippen LogP contribution in [0.15, 0.2) is 48.5 Å². The van der Waals surface area contributed by atoms with Gasteiger partial charge in [-0.25, -0.2) is 4.79 Å². The number of ether oxygens (including phenoxy) is 1. The van der Waals surface area contributed by atoms with Crippen molar-refractivity contribution in [3.63, 3.8) is 0 Å². The van der Waals surface area contributed by atoms with Gasteiger partial charge >= 0.3 is 5.97 Å². The average molecular weight is 396 g/mol. The Bertz CT molecular complexity index is 823. The molecule has 6 nitrogen and oxygen atoms in total. The lowest BCUT2D eigenvalue weighted by Crippen LogP contribution is -2.32. The molecule has 2 aromatic carbocycles. The van der Waals surface area contributed by atoms with E-state index in [1.165, 1.54) is 0 Å². The first kappa shape index (κ1) is 22.1. The molecule has 0 radical (unpaired) electrons. The fourth-order valence-corrected chi connectivity index (χ4v) is 2.91. The molecule has 0 fully saturated rings. The molecule has 0 aromatic heterocycles. The molecular weight excluding hydrogens is 368 g/mol. The molecule has 0 spiro atoms. The highest BCUT2D eigenvalue weighted by Gasteiger charge is 2.15. The molecule has 2 aromatic rings. The minimum Gasteiger partial charge on any atom is -0.462 e. The van der Waals surface area contributed by atoms with Gasteiger partial charge in [-0.3, -0.25) is 9.59 Å². The molecule has 0 unspecified atom stereocenters. The summed E-state index contributed by atoms with van der Waals surface area (Å²) in [6.45, 7) is 7.58. The minimum atomic E-state index is -0.397. The number of rotatable bonds is 9.